The molecule has 170 valence electrons. The predicted molar refractivity (Wildman–Crippen MR) is 149 cm³/mol. The van der Waals surface area contributed by atoms with Crippen LogP contribution in [0.15, 0.2) is 100 Å². The van der Waals surface area contributed by atoms with Gasteiger partial charge in [0.15, 0.2) is 0 Å². The fourth-order valence-corrected chi connectivity index (χ4v) is 4.36. The molecule has 1 nitrogen and oxygen atoms in total. The fourth-order valence-electron chi connectivity index (χ4n) is 4.00. The Morgan fingerprint density at radius 3 is 2.09 bits per heavy atom. The van der Waals surface area contributed by atoms with Crippen LogP contribution in [0.25, 0.3) is 11.3 Å². The Balaban J connectivity index is 2.30. The van der Waals surface area contributed by atoms with Crippen LogP contribution in [0.1, 0.15) is 75.1 Å². The molecule has 0 aliphatic rings. The third kappa shape index (κ3) is 6.21. The molecule has 0 amide bonds. The van der Waals surface area contributed by atoms with Gasteiger partial charge >= 0.3 is 0 Å². The van der Waals surface area contributed by atoms with Crippen molar-refractivity contribution in [3.05, 3.63) is 118 Å². The van der Waals surface area contributed by atoms with Gasteiger partial charge in [-0.05, 0) is 65.7 Å². The van der Waals surface area contributed by atoms with E-state index >= 15 is 0 Å². The van der Waals surface area contributed by atoms with E-state index in [1.54, 1.807) is 0 Å². The molecule has 1 unspecified atom stereocenters. The number of benzene rings is 3. The van der Waals surface area contributed by atoms with Crippen molar-refractivity contribution >= 4 is 32.9 Å². The van der Waals surface area contributed by atoms with Crippen LogP contribution in [0.5, 0.6) is 0 Å². The third-order valence-electron chi connectivity index (χ3n) is 6.18. The second kappa shape index (κ2) is 12.0. The second-order valence-electron chi connectivity index (χ2n) is 8.53. The number of hydrogen-bond acceptors (Lipinski definition) is 1. The SMILES string of the molecule is C=C(/C(C)=C(\N=C(CCC)c1ccccc1)c1cc(Br)ccc1C(C)CC)c1ccccc1. The Labute approximate surface area is 208 Å². The molecule has 0 saturated carbocycles. The molecular formula is C31H34BrN. The maximum Gasteiger partial charge on any atom is 0.0743 e. The summed E-state index contributed by atoms with van der Waals surface area (Å²) in [6.07, 6.45) is 3.03. The Morgan fingerprint density at radius 1 is 0.909 bits per heavy atom. The Morgan fingerprint density at radius 2 is 1.52 bits per heavy atom. The number of rotatable bonds is 9. The van der Waals surface area contributed by atoms with Gasteiger partial charge in [0.25, 0.3) is 0 Å². The van der Waals surface area contributed by atoms with Gasteiger partial charge in [0.05, 0.1) is 5.70 Å². The van der Waals surface area contributed by atoms with E-state index < -0.39 is 0 Å². The molecule has 3 aromatic rings. The van der Waals surface area contributed by atoms with Crippen LogP contribution >= 0.6 is 15.9 Å². The van der Waals surface area contributed by atoms with Gasteiger partial charge in [-0.3, -0.25) is 4.99 Å². The number of nitrogens with zero attached hydrogens (tertiary/aromatic N) is 1. The van der Waals surface area contributed by atoms with Crippen LogP contribution in [0, 0.1) is 0 Å². The zero-order valence-corrected chi connectivity index (χ0v) is 21.8. The molecule has 1 atom stereocenters. The Bertz CT molecular complexity index is 1140. The predicted octanol–water partition coefficient (Wildman–Crippen LogP) is 9.70. The van der Waals surface area contributed by atoms with E-state index in [9.17, 15) is 0 Å². The van der Waals surface area contributed by atoms with Gasteiger partial charge in [-0.15, -0.1) is 0 Å². The van der Waals surface area contributed by atoms with Gasteiger partial charge in [0.2, 0.25) is 0 Å². The zero-order chi connectivity index (χ0) is 23.8. The molecule has 0 saturated heterocycles. The van der Waals surface area contributed by atoms with E-state index in [1.165, 1.54) is 16.7 Å². The molecule has 3 rings (SSSR count). The van der Waals surface area contributed by atoms with Crippen LogP contribution in [-0.4, -0.2) is 5.71 Å². The zero-order valence-electron chi connectivity index (χ0n) is 20.2. The molecule has 0 aromatic heterocycles. The monoisotopic (exact) mass is 499 g/mol. The Hall–Kier alpha value is -2.71. The molecule has 3 aromatic carbocycles. The first kappa shape index (κ1) is 24.9. The van der Waals surface area contributed by atoms with E-state index in [-0.39, 0.29) is 0 Å². The maximum absolute atomic E-state index is 5.39. The van der Waals surface area contributed by atoms with Crippen LogP contribution in [0.2, 0.25) is 0 Å². The van der Waals surface area contributed by atoms with E-state index in [0.717, 1.165) is 51.9 Å². The minimum absolute atomic E-state index is 0.433. The lowest BCUT2D eigenvalue weighted by Crippen LogP contribution is -2.05. The number of hydrogen-bond donors (Lipinski definition) is 0. The molecule has 0 radical (unpaired) electrons. The third-order valence-corrected chi connectivity index (χ3v) is 6.68. The Kier molecular flexibility index (Phi) is 9.03. The summed E-state index contributed by atoms with van der Waals surface area (Å²) in [6.45, 7) is 13.4. The first-order valence-corrected chi connectivity index (χ1v) is 12.6. The summed E-state index contributed by atoms with van der Waals surface area (Å²) in [5.41, 5.74) is 9.04. The van der Waals surface area contributed by atoms with Gasteiger partial charge < -0.3 is 0 Å². The minimum Gasteiger partial charge on any atom is -0.252 e. The molecule has 0 heterocycles. The number of allylic oxidation sites excluding steroid dienone is 2. The standard InChI is InChI=1S/C31H34BrN/c1-6-14-30(26-17-12-9-13-18-26)33-31(24(5)23(4)25-15-10-8-11-16-25)29-21-27(32)19-20-28(29)22(3)7-2/h8-13,15-22H,4,6-7,14H2,1-3,5H3/b31-24-,33-30?. The molecule has 0 spiro atoms. The number of aliphatic imine (C=N–C) groups is 1. The highest BCUT2D eigenvalue weighted by atomic mass is 79.9. The molecule has 0 fully saturated rings. The lowest BCUT2D eigenvalue weighted by Gasteiger charge is -2.20. The van der Waals surface area contributed by atoms with Crippen molar-refractivity contribution in [1.82, 2.24) is 0 Å². The van der Waals surface area contributed by atoms with Crippen molar-refractivity contribution in [2.45, 2.75) is 52.9 Å². The van der Waals surface area contributed by atoms with Crippen LogP contribution in [0.4, 0.5) is 0 Å². The topological polar surface area (TPSA) is 12.4 Å². The molecule has 0 aliphatic heterocycles. The van der Waals surface area contributed by atoms with Gasteiger partial charge in [-0.2, -0.15) is 0 Å². The lowest BCUT2D eigenvalue weighted by molar-refractivity contribution is 0.731. The minimum atomic E-state index is 0.433. The second-order valence-corrected chi connectivity index (χ2v) is 9.45. The van der Waals surface area contributed by atoms with Crippen molar-refractivity contribution in [3.8, 4) is 0 Å². The van der Waals surface area contributed by atoms with E-state index in [1.807, 2.05) is 6.07 Å². The molecule has 2 heteroatoms. The maximum atomic E-state index is 5.39. The highest BCUT2D eigenvalue weighted by Crippen LogP contribution is 2.36. The summed E-state index contributed by atoms with van der Waals surface area (Å²) in [4.78, 5) is 5.39. The van der Waals surface area contributed by atoms with Gasteiger partial charge in [-0.1, -0.05) is 116 Å². The summed E-state index contributed by atoms with van der Waals surface area (Å²) in [6, 6.07) is 27.5. The van der Waals surface area contributed by atoms with Crippen LogP contribution in [-0.2, 0) is 0 Å². The summed E-state index contributed by atoms with van der Waals surface area (Å²) in [7, 11) is 0. The van der Waals surface area contributed by atoms with Crippen molar-refractivity contribution in [3.63, 3.8) is 0 Å². The normalized spacial score (nSPS) is 13.4. The first-order valence-electron chi connectivity index (χ1n) is 11.8. The largest absolute Gasteiger partial charge is 0.252 e. The van der Waals surface area contributed by atoms with Crippen molar-refractivity contribution < 1.29 is 0 Å². The van der Waals surface area contributed by atoms with Crippen molar-refractivity contribution in [2.75, 3.05) is 0 Å². The summed E-state index contributed by atoms with van der Waals surface area (Å²) in [5.74, 6) is 0.433. The first-order chi connectivity index (χ1) is 16.0. The van der Waals surface area contributed by atoms with E-state index in [2.05, 4.69) is 123 Å². The quantitative estimate of drug-likeness (QED) is 0.205. The smallest absolute Gasteiger partial charge is 0.0743 e. The van der Waals surface area contributed by atoms with Gasteiger partial charge in [0, 0.05) is 15.7 Å². The highest BCUT2D eigenvalue weighted by molar-refractivity contribution is 9.10. The van der Waals surface area contributed by atoms with Gasteiger partial charge in [-0.25, -0.2) is 0 Å². The molecular weight excluding hydrogens is 466 g/mol. The molecule has 0 N–H and O–H groups in total. The average molecular weight is 501 g/mol. The summed E-state index contributed by atoms with van der Waals surface area (Å²) < 4.78 is 1.06. The lowest BCUT2D eigenvalue weighted by atomic mass is 9.89. The van der Waals surface area contributed by atoms with E-state index in [4.69, 9.17) is 4.99 Å². The van der Waals surface area contributed by atoms with Crippen LogP contribution < -0.4 is 0 Å². The summed E-state index contributed by atoms with van der Waals surface area (Å²) in [5, 5.41) is 0. The summed E-state index contributed by atoms with van der Waals surface area (Å²) >= 11 is 3.72. The van der Waals surface area contributed by atoms with Crippen LogP contribution in [0.3, 0.4) is 0 Å². The van der Waals surface area contributed by atoms with E-state index in [0.29, 0.717) is 5.92 Å². The molecule has 0 bridgehead atoms. The highest BCUT2D eigenvalue weighted by Gasteiger charge is 2.18. The van der Waals surface area contributed by atoms with Crippen molar-refractivity contribution in [2.24, 2.45) is 4.99 Å². The fraction of sp³-hybridized carbons (Fsp3) is 0.258. The molecule has 33 heavy (non-hydrogen) atoms. The average Bonchev–Trinajstić information content (AvgIpc) is 2.86. The molecule has 0 aliphatic carbocycles. The number of halogens is 1. The van der Waals surface area contributed by atoms with Gasteiger partial charge in [0.1, 0.15) is 0 Å². The van der Waals surface area contributed by atoms with Crippen molar-refractivity contribution in [1.29, 1.82) is 0 Å².